The summed E-state index contributed by atoms with van der Waals surface area (Å²) >= 11 is 0. The lowest BCUT2D eigenvalue weighted by molar-refractivity contribution is -0.189. The maximum absolute atomic E-state index is 15.1. The van der Waals surface area contributed by atoms with Crippen molar-refractivity contribution in [1.29, 1.82) is 0 Å². The van der Waals surface area contributed by atoms with E-state index in [0.29, 0.717) is 25.7 Å². The molecule has 8 unspecified atom stereocenters. The molecule has 3 rings (SSSR count). The minimum atomic E-state index is -1.54. The minimum absolute atomic E-state index is 0.0411. The molecule has 0 amide bonds. The molecule has 7 heteroatoms. The average molecular weight is 699 g/mol. The Kier molecular flexibility index (Phi) is 13.1. The third-order valence-corrected chi connectivity index (χ3v) is 13.6. The van der Waals surface area contributed by atoms with Crippen molar-refractivity contribution in [1.82, 2.24) is 10.6 Å². The van der Waals surface area contributed by atoms with Crippen LogP contribution in [0.4, 0.5) is 0 Å². The highest BCUT2D eigenvalue weighted by Gasteiger charge is 2.55. The lowest BCUT2D eigenvalue weighted by Gasteiger charge is -2.53. The van der Waals surface area contributed by atoms with Gasteiger partial charge in [0, 0.05) is 46.8 Å². The van der Waals surface area contributed by atoms with Crippen LogP contribution in [0, 0.1) is 24.2 Å². The van der Waals surface area contributed by atoms with Gasteiger partial charge in [-0.05, 0) is 95.2 Å². The summed E-state index contributed by atoms with van der Waals surface area (Å²) in [6.07, 6.45) is 6.19. The minimum Gasteiger partial charge on any atom is -0.507 e. The number of hydrogen-bond acceptors (Lipinski definition) is 7. The second-order valence-electron chi connectivity index (χ2n) is 18.4. The van der Waals surface area contributed by atoms with E-state index in [1.54, 1.807) is 0 Å². The number of rotatable bonds is 13. The van der Waals surface area contributed by atoms with Crippen molar-refractivity contribution in [2.45, 2.75) is 208 Å². The van der Waals surface area contributed by atoms with Gasteiger partial charge < -0.3 is 25.2 Å². The van der Waals surface area contributed by atoms with E-state index in [1.807, 2.05) is 19.1 Å². The van der Waals surface area contributed by atoms with Gasteiger partial charge in [0.2, 0.25) is 0 Å². The third-order valence-electron chi connectivity index (χ3n) is 13.6. The second kappa shape index (κ2) is 15.5. The van der Waals surface area contributed by atoms with Crippen LogP contribution in [-0.4, -0.2) is 51.4 Å². The zero-order chi connectivity index (χ0) is 38.1. The first-order valence-electron chi connectivity index (χ1n) is 19.8. The van der Waals surface area contributed by atoms with Gasteiger partial charge in [-0.3, -0.25) is 9.59 Å². The van der Waals surface area contributed by atoms with Crippen molar-refractivity contribution < 1.29 is 24.2 Å². The van der Waals surface area contributed by atoms with E-state index < -0.39 is 17.4 Å². The number of carbonyl (C=O) groups is 2. The predicted molar refractivity (Wildman–Crippen MR) is 206 cm³/mol. The van der Waals surface area contributed by atoms with Gasteiger partial charge in [-0.25, -0.2) is 0 Å². The van der Waals surface area contributed by atoms with E-state index in [9.17, 15) is 5.11 Å². The average Bonchev–Trinajstić information content (AvgIpc) is 3.04. The molecular weight excluding hydrogens is 624 g/mol. The van der Waals surface area contributed by atoms with Crippen molar-refractivity contribution in [2.24, 2.45) is 17.3 Å². The summed E-state index contributed by atoms with van der Waals surface area (Å²) in [5, 5.41) is 18.9. The molecule has 0 aromatic heterocycles. The summed E-state index contributed by atoms with van der Waals surface area (Å²) in [4.78, 5) is 30.3. The van der Waals surface area contributed by atoms with Gasteiger partial charge in [0.05, 0.1) is 0 Å². The molecule has 286 valence electrons. The molecule has 1 aromatic carbocycles. The Balaban J connectivity index is 2.20. The number of piperidine rings is 2. The third kappa shape index (κ3) is 8.56. The van der Waals surface area contributed by atoms with E-state index in [4.69, 9.17) is 9.47 Å². The number of ether oxygens (including phenoxy) is 2. The Morgan fingerprint density at radius 3 is 1.60 bits per heavy atom. The molecule has 0 bridgehead atoms. The zero-order valence-corrected chi connectivity index (χ0v) is 34.6. The zero-order valence-electron chi connectivity index (χ0n) is 34.6. The lowest BCUT2D eigenvalue weighted by atomic mass is 9.69. The standard InChI is InChI=1S/C43H74N2O5/c1-16-21-22-43(25-31-23-28(6)35(46)32(24-31)38(9,10)11,36(47)49-33-26-39(12,17-2)44-41(14,19-4)29(33)7)37(48)50-34-27-40(13,18-3)45-42(15,20-5)30(34)8/h23-24,29-30,33-34,44-46H,16-22,25-27H2,1-15H3. The van der Waals surface area contributed by atoms with Gasteiger partial charge in [0.25, 0.3) is 0 Å². The fourth-order valence-electron chi connectivity index (χ4n) is 8.72. The number of hydrogen-bond donors (Lipinski definition) is 3. The van der Waals surface area contributed by atoms with Crippen molar-refractivity contribution in [3.8, 4) is 5.75 Å². The van der Waals surface area contributed by atoms with Crippen LogP contribution >= 0.6 is 0 Å². The smallest absolute Gasteiger partial charge is 0.324 e. The molecule has 0 aliphatic carbocycles. The molecule has 2 fully saturated rings. The van der Waals surface area contributed by atoms with E-state index in [1.165, 1.54) is 0 Å². The number of phenolic OH excluding ortho intramolecular Hbond substituents is 1. The molecule has 3 N–H and O–H groups in total. The number of esters is 2. The molecular formula is C43H74N2O5. The number of nitrogens with one attached hydrogen (secondary N) is 2. The first kappa shape index (κ1) is 42.3. The molecule has 1 aromatic rings. The first-order valence-corrected chi connectivity index (χ1v) is 19.8. The monoisotopic (exact) mass is 699 g/mol. The quantitative estimate of drug-likeness (QED) is 0.140. The Morgan fingerprint density at radius 1 is 0.800 bits per heavy atom. The molecule has 50 heavy (non-hydrogen) atoms. The van der Waals surface area contributed by atoms with E-state index in [-0.39, 0.29) is 63.8 Å². The predicted octanol–water partition coefficient (Wildman–Crippen LogP) is 9.47. The van der Waals surface area contributed by atoms with Gasteiger partial charge in [0.15, 0.2) is 5.41 Å². The summed E-state index contributed by atoms with van der Waals surface area (Å²) in [6, 6.07) is 3.91. The molecule has 2 heterocycles. The van der Waals surface area contributed by atoms with Gasteiger partial charge >= 0.3 is 11.9 Å². The summed E-state index contributed by atoms with van der Waals surface area (Å²) in [6.45, 7) is 32.1. The normalized spacial score (nSPS) is 34.5. The maximum atomic E-state index is 15.1. The van der Waals surface area contributed by atoms with Crippen LogP contribution in [0.2, 0.25) is 0 Å². The Hall–Kier alpha value is -2.12. The van der Waals surface area contributed by atoms with E-state index in [0.717, 1.165) is 48.8 Å². The van der Waals surface area contributed by atoms with Gasteiger partial charge in [0.1, 0.15) is 18.0 Å². The number of phenols is 1. The fraction of sp³-hybridized carbons (Fsp3) is 0.814. The summed E-state index contributed by atoms with van der Waals surface area (Å²) in [5.74, 6) is -0.618. The molecule has 0 radical (unpaired) electrons. The molecule has 7 nitrogen and oxygen atoms in total. The fourth-order valence-corrected chi connectivity index (χ4v) is 8.72. The van der Waals surface area contributed by atoms with Crippen LogP contribution in [0.5, 0.6) is 5.75 Å². The highest BCUT2D eigenvalue weighted by Crippen LogP contribution is 2.45. The van der Waals surface area contributed by atoms with Gasteiger partial charge in [-0.15, -0.1) is 0 Å². The van der Waals surface area contributed by atoms with Crippen molar-refractivity contribution in [3.63, 3.8) is 0 Å². The first-order chi connectivity index (χ1) is 23.0. The molecule has 8 atom stereocenters. The summed E-state index contributed by atoms with van der Waals surface area (Å²) < 4.78 is 13.4. The number of aromatic hydroxyl groups is 1. The van der Waals surface area contributed by atoms with Crippen LogP contribution in [0.25, 0.3) is 0 Å². The molecule has 2 saturated heterocycles. The van der Waals surface area contributed by atoms with Crippen LogP contribution < -0.4 is 10.6 Å². The molecule has 0 spiro atoms. The number of aryl methyl sites for hydroxylation is 1. The second-order valence-corrected chi connectivity index (χ2v) is 18.4. The van der Waals surface area contributed by atoms with E-state index >= 15 is 9.59 Å². The van der Waals surface area contributed by atoms with Crippen molar-refractivity contribution >= 4 is 11.9 Å². The lowest BCUT2D eigenvalue weighted by Crippen LogP contribution is -2.67. The number of carbonyl (C=O) groups excluding carboxylic acids is 2. The highest BCUT2D eigenvalue weighted by molar-refractivity contribution is 6.00. The molecule has 2 aliphatic heterocycles. The van der Waals surface area contributed by atoms with Crippen LogP contribution in [-0.2, 0) is 30.9 Å². The summed E-state index contributed by atoms with van der Waals surface area (Å²) in [5.41, 5.74) is -0.377. The highest BCUT2D eigenvalue weighted by atomic mass is 16.6. The van der Waals surface area contributed by atoms with Crippen LogP contribution in [0.15, 0.2) is 12.1 Å². The Bertz CT molecular complexity index is 1290. The van der Waals surface area contributed by atoms with Crippen molar-refractivity contribution in [3.05, 3.63) is 28.8 Å². The Morgan fingerprint density at radius 2 is 1.24 bits per heavy atom. The van der Waals surface area contributed by atoms with Gasteiger partial charge in [-0.1, -0.05) is 94.2 Å². The molecule has 0 saturated carbocycles. The van der Waals surface area contributed by atoms with Gasteiger partial charge in [-0.2, -0.15) is 0 Å². The number of benzene rings is 1. The Labute approximate surface area is 305 Å². The van der Waals surface area contributed by atoms with Crippen molar-refractivity contribution in [2.75, 3.05) is 0 Å². The molecule has 2 aliphatic rings. The topological polar surface area (TPSA) is 96.9 Å². The van der Waals surface area contributed by atoms with E-state index in [2.05, 4.69) is 108 Å². The van der Waals surface area contributed by atoms with Crippen LogP contribution in [0.3, 0.4) is 0 Å². The maximum Gasteiger partial charge on any atom is 0.324 e. The SMILES string of the molecule is CCCCC(Cc1cc(C)c(O)c(C(C)(C)C)c1)(C(=O)OC1CC(C)(CC)NC(C)(CC)C1C)C(=O)OC1CC(C)(CC)NC(C)(CC)C1C. The largest absolute Gasteiger partial charge is 0.507 e. The summed E-state index contributed by atoms with van der Waals surface area (Å²) in [7, 11) is 0. The number of unbranched alkanes of at least 4 members (excludes halogenated alkanes) is 1. The van der Waals surface area contributed by atoms with Crippen LogP contribution in [0.1, 0.15) is 171 Å².